The Morgan fingerprint density at radius 2 is 0.500 bits per heavy atom. The maximum Gasteiger partial charge on any atom is 1.00 e. The van der Waals surface area contributed by atoms with Crippen LogP contribution in [0.4, 0.5) is 0 Å². The van der Waals surface area contributed by atoms with Gasteiger partial charge in [0.25, 0.3) is 0 Å². The Kier molecular flexibility index (Phi) is 8980. The zero-order valence-electron chi connectivity index (χ0n) is 5.32. The van der Waals surface area contributed by atoms with Crippen molar-refractivity contribution in [3.05, 3.63) is 0 Å². The molecule has 0 radical (unpaired) electrons. The van der Waals surface area contributed by atoms with E-state index >= 15 is 0 Å². The first-order valence-electron chi connectivity index (χ1n) is 0. The third kappa shape index (κ3) is 148. The van der Waals surface area contributed by atoms with Gasteiger partial charge >= 0.3 is 29.6 Å². The van der Waals surface area contributed by atoms with Crippen LogP contribution in [0.15, 0.2) is 0 Å². The summed E-state index contributed by atoms with van der Waals surface area (Å²) >= 11 is 0. The van der Waals surface area contributed by atoms with E-state index in [9.17, 15) is 0 Å². The molecule has 0 unspecified atom stereocenters. The molecule has 60 valence electrons. The van der Waals surface area contributed by atoms with Gasteiger partial charge in [-0.2, -0.15) is 0 Å². The van der Waals surface area contributed by atoms with Crippen LogP contribution in [0.2, 0.25) is 0 Å². The number of rotatable bonds is 0. The summed E-state index contributed by atoms with van der Waals surface area (Å²) in [5.74, 6) is 0. The second-order valence-corrected chi connectivity index (χ2v) is 0. The molecule has 0 aliphatic rings. The van der Waals surface area contributed by atoms with Crippen molar-refractivity contribution in [3.63, 3.8) is 0 Å². The van der Waals surface area contributed by atoms with Crippen LogP contribution in [0.1, 0.15) is 1.43 Å². The molecule has 0 aromatic heterocycles. The van der Waals surface area contributed by atoms with Crippen LogP contribution < -0.4 is 29.6 Å². The smallest absolute Gasteiger partial charge is 1.00 e. The van der Waals surface area contributed by atoms with Crippen LogP contribution in [0, 0.1) is 0 Å². The first kappa shape index (κ1) is 321. The van der Waals surface area contributed by atoms with E-state index in [1.165, 1.54) is 0 Å². The predicted octanol–water partition coefficient (Wildman–Crippen LogP) is -7.83. The summed E-state index contributed by atoms with van der Waals surface area (Å²) in [5, 5.41) is 0. The molecule has 8 heavy (non-hydrogen) atoms. The summed E-state index contributed by atoms with van der Waals surface area (Å²) in [7, 11) is 0. The molecule has 0 aromatic rings. The first-order chi connectivity index (χ1) is 0. The molecule has 0 heterocycles. The fourth-order valence-electron chi connectivity index (χ4n) is 0. The van der Waals surface area contributed by atoms with Crippen molar-refractivity contribution in [2.45, 2.75) is 0 Å². The SMILES string of the molecule is O.O.O.O.O.O.[H-].[Na+].[Pt]. The Morgan fingerprint density at radius 1 is 0.500 bits per heavy atom. The van der Waals surface area contributed by atoms with Gasteiger partial charge in [0.1, 0.15) is 0 Å². The Morgan fingerprint density at radius 3 is 0.500 bits per heavy atom. The molecule has 0 saturated carbocycles. The van der Waals surface area contributed by atoms with Gasteiger partial charge in [0.15, 0.2) is 0 Å². The third-order valence-electron chi connectivity index (χ3n) is 0. The molecule has 0 aliphatic carbocycles. The molecule has 0 fully saturated rings. The van der Waals surface area contributed by atoms with E-state index < -0.39 is 0 Å². The van der Waals surface area contributed by atoms with Crippen LogP contribution >= 0.6 is 0 Å². The van der Waals surface area contributed by atoms with Crippen molar-refractivity contribution in [1.82, 2.24) is 0 Å². The molecule has 8 heteroatoms. The van der Waals surface area contributed by atoms with Gasteiger partial charge in [-0.1, -0.05) is 0 Å². The van der Waals surface area contributed by atoms with Crippen molar-refractivity contribution in [3.8, 4) is 0 Å². The quantitative estimate of drug-likeness (QED) is 0.382. The second kappa shape index (κ2) is 223. The van der Waals surface area contributed by atoms with Gasteiger partial charge in [-0.15, -0.1) is 0 Å². The summed E-state index contributed by atoms with van der Waals surface area (Å²) in [6.07, 6.45) is 0. The Balaban J connectivity index is 0. The summed E-state index contributed by atoms with van der Waals surface area (Å²) in [5.41, 5.74) is 0. The summed E-state index contributed by atoms with van der Waals surface area (Å²) in [4.78, 5) is 0. The van der Waals surface area contributed by atoms with E-state index in [0.717, 1.165) is 0 Å². The summed E-state index contributed by atoms with van der Waals surface area (Å²) in [6, 6.07) is 0. The molecule has 0 spiro atoms. The summed E-state index contributed by atoms with van der Waals surface area (Å²) in [6.45, 7) is 0. The van der Waals surface area contributed by atoms with E-state index in [0.29, 0.717) is 0 Å². The first-order valence-corrected chi connectivity index (χ1v) is 0. The molecule has 0 amide bonds. The molecular weight excluding hydrogens is 314 g/mol. The van der Waals surface area contributed by atoms with Crippen molar-refractivity contribution >= 4 is 0 Å². The van der Waals surface area contributed by atoms with Crippen LogP contribution in [0.5, 0.6) is 0 Å². The molecule has 12 N–H and O–H groups in total. The maximum absolute atomic E-state index is 0. The van der Waals surface area contributed by atoms with Crippen molar-refractivity contribution in [2.75, 3.05) is 0 Å². The van der Waals surface area contributed by atoms with Crippen LogP contribution in [0.25, 0.3) is 0 Å². The molecule has 0 atom stereocenters. The Labute approximate surface area is 84.5 Å². The zero-order valence-corrected chi connectivity index (χ0v) is 8.59. The summed E-state index contributed by atoms with van der Waals surface area (Å²) < 4.78 is 0. The second-order valence-electron chi connectivity index (χ2n) is 0. The zero-order chi connectivity index (χ0) is 0. The molecule has 0 aliphatic heterocycles. The average Bonchev–Trinajstić information content (AvgIpc) is 0. The van der Waals surface area contributed by atoms with E-state index in [1.54, 1.807) is 0 Å². The van der Waals surface area contributed by atoms with Gasteiger partial charge in [0.2, 0.25) is 0 Å². The molecular formula is H13NaO6Pt. The Hall–Kier alpha value is 1.45. The third-order valence-corrected chi connectivity index (χ3v) is 0. The van der Waals surface area contributed by atoms with Gasteiger partial charge in [0, 0.05) is 21.1 Å². The fourth-order valence-corrected chi connectivity index (χ4v) is 0. The predicted molar refractivity (Wildman–Crippen MR) is 22.8 cm³/mol. The Bertz CT molecular complexity index is 13.0. The minimum atomic E-state index is 0. The van der Waals surface area contributed by atoms with Gasteiger partial charge in [-0.05, 0) is 0 Å². The van der Waals surface area contributed by atoms with Gasteiger partial charge in [0.05, 0.1) is 0 Å². The fraction of sp³-hybridized carbons (Fsp3) is 0. The van der Waals surface area contributed by atoms with Crippen LogP contribution in [0.3, 0.4) is 0 Å². The molecule has 6 nitrogen and oxygen atoms in total. The topological polar surface area (TPSA) is 189 Å². The molecule has 0 bridgehead atoms. The number of hydrogen-bond acceptors (Lipinski definition) is 0. The minimum absolute atomic E-state index is 0. The molecule has 0 rings (SSSR count). The minimum Gasteiger partial charge on any atom is -1.00 e. The molecule has 0 saturated heterocycles. The van der Waals surface area contributed by atoms with E-state index in [4.69, 9.17) is 0 Å². The maximum atomic E-state index is 0. The largest absolute Gasteiger partial charge is 1.00 e. The normalized spacial score (nSPS) is 0. The van der Waals surface area contributed by atoms with Crippen LogP contribution in [-0.4, -0.2) is 32.9 Å². The van der Waals surface area contributed by atoms with E-state index in [1.807, 2.05) is 0 Å². The molecule has 0 aromatic carbocycles. The monoisotopic (exact) mass is 327 g/mol. The van der Waals surface area contributed by atoms with Gasteiger partial charge in [-0.3, -0.25) is 0 Å². The average molecular weight is 327 g/mol. The van der Waals surface area contributed by atoms with Crippen molar-refractivity contribution in [1.29, 1.82) is 0 Å². The van der Waals surface area contributed by atoms with Crippen molar-refractivity contribution in [2.24, 2.45) is 0 Å². The van der Waals surface area contributed by atoms with Gasteiger partial charge < -0.3 is 34.3 Å². The van der Waals surface area contributed by atoms with Crippen LogP contribution in [-0.2, 0) is 21.1 Å². The van der Waals surface area contributed by atoms with Gasteiger partial charge in [-0.25, -0.2) is 0 Å². The van der Waals surface area contributed by atoms with E-state index in [2.05, 4.69) is 0 Å². The number of hydrogen-bond donors (Lipinski definition) is 0. The van der Waals surface area contributed by atoms with E-state index in [-0.39, 0.29) is 84.9 Å². The van der Waals surface area contributed by atoms with Crippen molar-refractivity contribution < 1.29 is 84.9 Å². The standard InChI is InChI=1S/Na.6H2O.Pt.H/h;6*1H2;;/q+1;;;;;;;;-1.